The molecular weight excluding hydrogens is 336 g/mol. The number of rotatable bonds is 2. The third-order valence-electron chi connectivity index (χ3n) is 5.12. The highest BCUT2D eigenvalue weighted by atomic mass is 16.2. The Kier molecular flexibility index (Phi) is 5.36. The molecule has 0 radical (unpaired) electrons. The summed E-state index contributed by atoms with van der Waals surface area (Å²) in [5.74, 6) is 0.0819. The fourth-order valence-corrected chi connectivity index (χ4v) is 3.37. The molecule has 0 unspecified atom stereocenters. The summed E-state index contributed by atoms with van der Waals surface area (Å²) >= 11 is 0. The molecule has 2 amide bonds. The van der Waals surface area contributed by atoms with Gasteiger partial charge >= 0.3 is 0 Å². The summed E-state index contributed by atoms with van der Waals surface area (Å²) in [6, 6.07) is 15.5. The zero-order chi connectivity index (χ0) is 19.6. The number of hydrogen-bond acceptors (Lipinski definition) is 2. The van der Waals surface area contributed by atoms with E-state index in [2.05, 4.69) is 20.8 Å². The maximum Gasteiger partial charge on any atom is 0.253 e. The molecule has 0 saturated carbocycles. The third-order valence-corrected chi connectivity index (χ3v) is 5.12. The van der Waals surface area contributed by atoms with Gasteiger partial charge in [-0.1, -0.05) is 50.6 Å². The van der Waals surface area contributed by atoms with E-state index in [9.17, 15) is 9.59 Å². The van der Waals surface area contributed by atoms with Crippen molar-refractivity contribution < 1.29 is 9.59 Å². The second kappa shape index (κ2) is 7.55. The zero-order valence-electron chi connectivity index (χ0n) is 16.7. The molecule has 3 rings (SSSR count). The molecule has 27 heavy (non-hydrogen) atoms. The minimum atomic E-state index is 0.0399. The summed E-state index contributed by atoms with van der Waals surface area (Å²) in [5.41, 5.74) is 3.79. The van der Waals surface area contributed by atoms with Crippen molar-refractivity contribution in [1.82, 2.24) is 9.80 Å². The van der Waals surface area contributed by atoms with Gasteiger partial charge in [0.2, 0.25) is 0 Å². The number of carbonyl (C=O) groups excluding carboxylic acids is 2. The van der Waals surface area contributed by atoms with Crippen LogP contribution in [0.25, 0.3) is 0 Å². The van der Waals surface area contributed by atoms with Crippen molar-refractivity contribution in [3.8, 4) is 0 Å². The average molecular weight is 364 g/mol. The lowest BCUT2D eigenvalue weighted by Crippen LogP contribution is -2.50. The average Bonchev–Trinajstić information content (AvgIpc) is 2.66. The van der Waals surface area contributed by atoms with Crippen molar-refractivity contribution in [2.24, 2.45) is 0 Å². The SMILES string of the molecule is Cc1cccc(C(=O)N2CCN(C(=O)c3ccc(C(C)(C)C)cc3)CC2)c1. The first kappa shape index (κ1) is 19.2. The quantitative estimate of drug-likeness (QED) is 0.811. The second-order valence-corrected chi connectivity index (χ2v) is 8.28. The monoisotopic (exact) mass is 364 g/mol. The maximum atomic E-state index is 12.8. The van der Waals surface area contributed by atoms with Crippen molar-refractivity contribution in [3.63, 3.8) is 0 Å². The van der Waals surface area contributed by atoms with Crippen LogP contribution in [0, 0.1) is 6.92 Å². The lowest BCUT2D eigenvalue weighted by atomic mass is 9.86. The number of benzene rings is 2. The first-order valence-electron chi connectivity index (χ1n) is 9.51. The molecule has 2 aromatic carbocycles. The molecule has 1 aliphatic rings. The third kappa shape index (κ3) is 4.38. The van der Waals surface area contributed by atoms with Crippen molar-refractivity contribution in [2.45, 2.75) is 33.1 Å². The number of carbonyl (C=O) groups is 2. The molecule has 1 saturated heterocycles. The van der Waals surface area contributed by atoms with Gasteiger partial charge in [-0.05, 0) is 42.2 Å². The molecule has 4 heteroatoms. The molecule has 0 N–H and O–H groups in total. The lowest BCUT2D eigenvalue weighted by Gasteiger charge is -2.35. The van der Waals surface area contributed by atoms with Crippen LogP contribution in [0.1, 0.15) is 52.6 Å². The van der Waals surface area contributed by atoms with E-state index in [1.807, 2.05) is 65.3 Å². The van der Waals surface area contributed by atoms with Gasteiger partial charge in [0, 0.05) is 37.3 Å². The molecule has 1 heterocycles. The van der Waals surface area contributed by atoms with E-state index in [1.165, 1.54) is 5.56 Å². The molecule has 0 bridgehead atoms. The topological polar surface area (TPSA) is 40.6 Å². The zero-order valence-corrected chi connectivity index (χ0v) is 16.7. The highest BCUT2D eigenvalue weighted by Crippen LogP contribution is 2.22. The Hall–Kier alpha value is -2.62. The highest BCUT2D eigenvalue weighted by molar-refractivity contribution is 5.96. The van der Waals surface area contributed by atoms with Crippen LogP contribution in [0.5, 0.6) is 0 Å². The Labute approximate surface area is 161 Å². The van der Waals surface area contributed by atoms with Crippen molar-refractivity contribution >= 4 is 11.8 Å². The van der Waals surface area contributed by atoms with E-state index in [0.717, 1.165) is 5.56 Å². The van der Waals surface area contributed by atoms with Gasteiger partial charge in [-0.15, -0.1) is 0 Å². The molecule has 2 aromatic rings. The number of nitrogens with zero attached hydrogens (tertiary/aromatic N) is 2. The van der Waals surface area contributed by atoms with Crippen LogP contribution in [-0.4, -0.2) is 47.8 Å². The van der Waals surface area contributed by atoms with Gasteiger partial charge in [-0.25, -0.2) is 0 Å². The van der Waals surface area contributed by atoms with Crippen LogP contribution in [0.3, 0.4) is 0 Å². The standard InChI is InChI=1S/C23H28N2O2/c1-17-6-5-7-19(16-17)22(27)25-14-12-24(13-15-25)21(26)18-8-10-20(11-9-18)23(2,3)4/h5-11,16H,12-15H2,1-4H3. The Morgan fingerprint density at radius 1 is 0.778 bits per heavy atom. The van der Waals surface area contributed by atoms with Crippen LogP contribution in [0.15, 0.2) is 48.5 Å². The predicted molar refractivity (Wildman–Crippen MR) is 108 cm³/mol. The first-order valence-corrected chi connectivity index (χ1v) is 9.51. The number of aryl methyl sites for hydroxylation is 1. The van der Waals surface area contributed by atoms with E-state index in [4.69, 9.17) is 0 Å². The number of hydrogen-bond donors (Lipinski definition) is 0. The van der Waals surface area contributed by atoms with Gasteiger partial charge in [0.15, 0.2) is 0 Å². The van der Waals surface area contributed by atoms with Gasteiger partial charge in [-0.2, -0.15) is 0 Å². The van der Waals surface area contributed by atoms with E-state index in [0.29, 0.717) is 37.3 Å². The summed E-state index contributed by atoms with van der Waals surface area (Å²) < 4.78 is 0. The smallest absolute Gasteiger partial charge is 0.253 e. The van der Waals surface area contributed by atoms with Gasteiger partial charge in [0.25, 0.3) is 11.8 Å². The molecule has 0 aromatic heterocycles. The fraction of sp³-hybridized carbons (Fsp3) is 0.391. The summed E-state index contributed by atoms with van der Waals surface area (Å²) in [6.45, 7) is 10.7. The summed E-state index contributed by atoms with van der Waals surface area (Å²) in [5, 5.41) is 0. The minimum absolute atomic E-state index is 0.0399. The van der Waals surface area contributed by atoms with Gasteiger partial charge in [0.1, 0.15) is 0 Å². The van der Waals surface area contributed by atoms with Crippen LogP contribution >= 0.6 is 0 Å². The second-order valence-electron chi connectivity index (χ2n) is 8.28. The lowest BCUT2D eigenvalue weighted by molar-refractivity contribution is 0.0535. The Bertz CT molecular complexity index is 826. The van der Waals surface area contributed by atoms with Crippen LogP contribution in [0.2, 0.25) is 0 Å². The highest BCUT2D eigenvalue weighted by Gasteiger charge is 2.25. The van der Waals surface area contributed by atoms with Gasteiger partial charge in [-0.3, -0.25) is 9.59 Å². The molecule has 0 aliphatic carbocycles. The van der Waals surface area contributed by atoms with E-state index >= 15 is 0 Å². The predicted octanol–water partition coefficient (Wildman–Crippen LogP) is 3.89. The van der Waals surface area contributed by atoms with Crippen LogP contribution < -0.4 is 0 Å². The van der Waals surface area contributed by atoms with Crippen molar-refractivity contribution in [3.05, 3.63) is 70.8 Å². The van der Waals surface area contributed by atoms with E-state index < -0.39 is 0 Å². The molecule has 0 spiro atoms. The summed E-state index contributed by atoms with van der Waals surface area (Å²) in [7, 11) is 0. The Morgan fingerprint density at radius 3 is 1.78 bits per heavy atom. The van der Waals surface area contributed by atoms with Gasteiger partial charge < -0.3 is 9.80 Å². The summed E-state index contributed by atoms with van der Waals surface area (Å²) in [4.78, 5) is 29.1. The minimum Gasteiger partial charge on any atom is -0.335 e. The molecule has 1 aliphatic heterocycles. The van der Waals surface area contributed by atoms with Crippen molar-refractivity contribution in [1.29, 1.82) is 0 Å². The van der Waals surface area contributed by atoms with Crippen molar-refractivity contribution in [2.75, 3.05) is 26.2 Å². The number of amides is 2. The molecular formula is C23H28N2O2. The Morgan fingerprint density at radius 2 is 1.30 bits per heavy atom. The molecule has 0 atom stereocenters. The fourth-order valence-electron chi connectivity index (χ4n) is 3.37. The largest absolute Gasteiger partial charge is 0.335 e. The van der Waals surface area contributed by atoms with Crippen LogP contribution in [-0.2, 0) is 5.41 Å². The number of piperazine rings is 1. The molecule has 142 valence electrons. The van der Waals surface area contributed by atoms with E-state index in [-0.39, 0.29) is 17.2 Å². The molecule has 4 nitrogen and oxygen atoms in total. The maximum absolute atomic E-state index is 12.8. The first-order chi connectivity index (χ1) is 12.8. The normalized spacial score (nSPS) is 15.0. The van der Waals surface area contributed by atoms with Gasteiger partial charge in [0.05, 0.1) is 0 Å². The van der Waals surface area contributed by atoms with E-state index in [1.54, 1.807) is 0 Å². The van der Waals surface area contributed by atoms with Crippen LogP contribution in [0.4, 0.5) is 0 Å². The molecule has 1 fully saturated rings. The summed E-state index contributed by atoms with van der Waals surface area (Å²) in [6.07, 6.45) is 0. The Balaban J connectivity index is 1.61.